The minimum atomic E-state index is -0.401. The lowest BCUT2D eigenvalue weighted by Crippen LogP contribution is -2.54. The topological polar surface area (TPSA) is 69.8 Å². The van der Waals surface area contributed by atoms with E-state index in [1.54, 1.807) is 12.1 Å². The number of piperazine rings is 1. The number of nitrogens with zero attached hydrogens (tertiary/aromatic N) is 2. The van der Waals surface area contributed by atoms with Crippen LogP contribution in [0.25, 0.3) is 0 Å². The molecule has 0 spiro atoms. The molecule has 1 aromatic carbocycles. The summed E-state index contributed by atoms with van der Waals surface area (Å²) in [7, 11) is 0. The number of amides is 1. The maximum Gasteiger partial charge on any atom is 0.239 e. The van der Waals surface area contributed by atoms with E-state index in [0.717, 1.165) is 25.2 Å². The number of carbonyl (C=O) groups is 1. The molecule has 3 N–H and O–H groups in total. The van der Waals surface area contributed by atoms with Crippen molar-refractivity contribution >= 4 is 11.6 Å². The molecule has 1 heterocycles. The molecule has 5 nitrogen and oxygen atoms in total. The van der Waals surface area contributed by atoms with Gasteiger partial charge in [-0.05, 0) is 18.1 Å². The van der Waals surface area contributed by atoms with Crippen LogP contribution in [-0.2, 0) is 4.79 Å². The Balaban J connectivity index is 1.92. The van der Waals surface area contributed by atoms with Gasteiger partial charge in [-0.1, -0.05) is 26.3 Å². The average molecular weight is 291 g/mol. The molecule has 1 aromatic rings. The highest BCUT2D eigenvalue weighted by molar-refractivity contribution is 5.82. The van der Waals surface area contributed by atoms with Crippen LogP contribution < -0.4 is 10.6 Å². The normalized spacial score (nSPS) is 18.4. The lowest BCUT2D eigenvalue weighted by Gasteiger charge is -2.37. The number of benzene rings is 1. The third-order valence-corrected chi connectivity index (χ3v) is 4.33. The summed E-state index contributed by atoms with van der Waals surface area (Å²) in [6, 6.07) is 6.82. The summed E-state index contributed by atoms with van der Waals surface area (Å²) in [5.41, 5.74) is 7.02. The van der Waals surface area contributed by atoms with Gasteiger partial charge < -0.3 is 20.6 Å². The fourth-order valence-corrected chi connectivity index (χ4v) is 2.58. The molecule has 1 amide bonds. The maximum absolute atomic E-state index is 12.3. The van der Waals surface area contributed by atoms with Crippen LogP contribution in [-0.4, -0.2) is 48.1 Å². The molecule has 116 valence electrons. The molecule has 1 aliphatic rings. The zero-order valence-electron chi connectivity index (χ0n) is 12.8. The van der Waals surface area contributed by atoms with Crippen molar-refractivity contribution in [1.82, 2.24) is 4.90 Å². The molecular formula is C16H25N3O2. The smallest absolute Gasteiger partial charge is 0.239 e. The highest BCUT2D eigenvalue weighted by Crippen LogP contribution is 2.21. The molecule has 1 aliphatic heterocycles. The van der Waals surface area contributed by atoms with Gasteiger partial charge in [-0.2, -0.15) is 0 Å². The second kappa shape index (κ2) is 6.80. The maximum atomic E-state index is 12.3. The highest BCUT2D eigenvalue weighted by Gasteiger charge is 2.27. The van der Waals surface area contributed by atoms with Crippen LogP contribution in [0.4, 0.5) is 5.69 Å². The summed E-state index contributed by atoms with van der Waals surface area (Å²) in [6.45, 7) is 6.96. The van der Waals surface area contributed by atoms with Gasteiger partial charge in [-0.3, -0.25) is 4.79 Å². The Morgan fingerprint density at radius 2 is 2.00 bits per heavy atom. The van der Waals surface area contributed by atoms with Gasteiger partial charge in [0, 0.05) is 37.9 Å². The van der Waals surface area contributed by atoms with Crippen LogP contribution >= 0.6 is 0 Å². The van der Waals surface area contributed by atoms with Crippen molar-refractivity contribution in [2.24, 2.45) is 11.7 Å². The Bertz CT molecular complexity index is 484. The highest BCUT2D eigenvalue weighted by atomic mass is 16.3. The van der Waals surface area contributed by atoms with Crippen molar-refractivity contribution in [3.05, 3.63) is 24.3 Å². The van der Waals surface area contributed by atoms with E-state index in [1.807, 2.05) is 24.0 Å². The van der Waals surface area contributed by atoms with Gasteiger partial charge in [-0.15, -0.1) is 0 Å². The number of phenols is 1. The SMILES string of the molecule is CCC(C)C(N)C(=O)N1CCN(c2cccc(O)c2)CC1. The predicted octanol–water partition coefficient (Wildman–Crippen LogP) is 1.41. The number of carbonyl (C=O) groups excluding carboxylic acids is 1. The van der Waals surface area contributed by atoms with E-state index < -0.39 is 6.04 Å². The minimum absolute atomic E-state index is 0.0555. The molecule has 0 radical (unpaired) electrons. The molecule has 2 atom stereocenters. The van der Waals surface area contributed by atoms with Crippen LogP contribution in [0.5, 0.6) is 5.75 Å². The largest absolute Gasteiger partial charge is 0.508 e. The number of hydrogen-bond donors (Lipinski definition) is 2. The first-order chi connectivity index (χ1) is 10.0. The Kier molecular flexibility index (Phi) is 5.07. The van der Waals surface area contributed by atoms with Crippen molar-refractivity contribution in [2.45, 2.75) is 26.3 Å². The lowest BCUT2D eigenvalue weighted by atomic mass is 9.98. The zero-order chi connectivity index (χ0) is 15.4. The van der Waals surface area contributed by atoms with Crippen molar-refractivity contribution in [3.63, 3.8) is 0 Å². The van der Waals surface area contributed by atoms with Gasteiger partial charge >= 0.3 is 0 Å². The molecule has 5 heteroatoms. The molecule has 2 rings (SSSR count). The van der Waals surface area contributed by atoms with Gasteiger partial charge in [0.15, 0.2) is 0 Å². The average Bonchev–Trinajstić information content (AvgIpc) is 2.53. The zero-order valence-corrected chi connectivity index (χ0v) is 12.8. The number of anilines is 1. The van der Waals surface area contributed by atoms with E-state index in [4.69, 9.17) is 5.73 Å². The van der Waals surface area contributed by atoms with Crippen LogP contribution in [0.2, 0.25) is 0 Å². The summed E-state index contributed by atoms with van der Waals surface area (Å²) < 4.78 is 0. The first-order valence-electron chi connectivity index (χ1n) is 7.61. The second-order valence-electron chi connectivity index (χ2n) is 5.74. The molecule has 21 heavy (non-hydrogen) atoms. The first kappa shape index (κ1) is 15.6. The quantitative estimate of drug-likeness (QED) is 0.880. The molecule has 2 unspecified atom stereocenters. The summed E-state index contributed by atoms with van der Waals surface area (Å²) in [6.07, 6.45) is 0.913. The fraction of sp³-hybridized carbons (Fsp3) is 0.562. The monoisotopic (exact) mass is 291 g/mol. The van der Waals surface area contributed by atoms with E-state index in [2.05, 4.69) is 11.8 Å². The van der Waals surface area contributed by atoms with Gasteiger partial charge in [0.05, 0.1) is 6.04 Å². The van der Waals surface area contributed by atoms with Gasteiger partial charge in [0.1, 0.15) is 5.75 Å². The van der Waals surface area contributed by atoms with Crippen LogP contribution in [0.1, 0.15) is 20.3 Å². The summed E-state index contributed by atoms with van der Waals surface area (Å²) >= 11 is 0. The van der Waals surface area contributed by atoms with Gasteiger partial charge in [-0.25, -0.2) is 0 Å². The molecule has 0 aromatic heterocycles. The van der Waals surface area contributed by atoms with Gasteiger partial charge in [0.2, 0.25) is 5.91 Å². The van der Waals surface area contributed by atoms with E-state index in [0.29, 0.717) is 13.1 Å². The van der Waals surface area contributed by atoms with Crippen LogP contribution in [0.3, 0.4) is 0 Å². The molecule has 0 bridgehead atoms. The van der Waals surface area contributed by atoms with E-state index >= 15 is 0 Å². The fourth-order valence-electron chi connectivity index (χ4n) is 2.58. The van der Waals surface area contributed by atoms with Crippen molar-refractivity contribution in [1.29, 1.82) is 0 Å². The van der Waals surface area contributed by atoms with Crippen LogP contribution in [0.15, 0.2) is 24.3 Å². The van der Waals surface area contributed by atoms with Crippen molar-refractivity contribution < 1.29 is 9.90 Å². The first-order valence-corrected chi connectivity index (χ1v) is 7.61. The number of hydrogen-bond acceptors (Lipinski definition) is 4. The molecule has 0 saturated carbocycles. The third kappa shape index (κ3) is 3.67. The Hall–Kier alpha value is -1.75. The second-order valence-corrected chi connectivity index (χ2v) is 5.74. The third-order valence-electron chi connectivity index (χ3n) is 4.33. The predicted molar refractivity (Wildman–Crippen MR) is 84.3 cm³/mol. The molecule has 1 saturated heterocycles. The Morgan fingerprint density at radius 3 is 2.57 bits per heavy atom. The summed E-state index contributed by atoms with van der Waals surface area (Å²) in [5, 5.41) is 9.54. The molecular weight excluding hydrogens is 266 g/mol. The number of aromatic hydroxyl groups is 1. The van der Waals surface area contributed by atoms with Crippen LogP contribution in [0, 0.1) is 5.92 Å². The van der Waals surface area contributed by atoms with E-state index in [-0.39, 0.29) is 17.6 Å². The number of nitrogens with two attached hydrogens (primary N) is 1. The van der Waals surface area contributed by atoms with E-state index in [1.165, 1.54) is 0 Å². The van der Waals surface area contributed by atoms with E-state index in [9.17, 15) is 9.90 Å². The van der Waals surface area contributed by atoms with Crippen molar-refractivity contribution in [3.8, 4) is 5.75 Å². The number of phenolic OH excluding ortho intramolecular Hbond substituents is 1. The van der Waals surface area contributed by atoms with Crippen molar-refractivity contribution in [2.75, 3.05) is 31.1 Å². The molecule has 1 fully saturated rings. The molecule has 0 aliphatic carbocycles. The Morgan fingerprint density at radius 1 is 1.33 bits per heavy atom. The van der Waals surface area contributed by atoms with Gasteiger partial charge in [0.25, 0.3) is 0 Å². The minimum Gasteiger partial charge on any atom is -0.508 e. The Labute approximate surface area is 126 Å². The standard InChI is InChI=1S/C16H25N3O2/c1-3-12(2)15(17)16(21)19-9-7-18(8-10-19)13-5-4-6-14(20)11-13/h4-6,11-12,15,20H,3,7-10,17H2,1-2H3. The summed E-state index contributed by atoms with van der Waals surface area (Å²) in [5.74, 6) is 0.534. The number of rotatable bonds is 4. The summed E-state index contributed by atoms with van der Waals surface area (Å²) in [4.78, 5) is 16.4. The lowest BCUT2D eigenvalue weighted by molar-refractivity contribution is -0.134.